The van der Waals surface area contributed by atoms with E-state index in [1.165, 1.54) is 17.7 Å². The molecule has 0 bridgehead atoms. The van der Waals surface area contributed by atoms with Gasteiger partial charge in [0.25, 0.3) is 0 Å². The molecule has 0 aromatic heterocycles. The average molecular weight is 303 g/mol. The highest BCUT2D eigenvalue weighted by Gasteiger charge is 2.13. The number of carbonyl (C=O) groups is 2. The number of fused-ring (bicyclic) bond motifs is 1. The molecule has 0 heterocycles. The van der Waals surface area contributed by atoms with Gasteiger partial charge in [0.05, 0.1) is 0 Å². The normalized spacial score (nSPS) is 12.0. The maximum Gasteiger partial charge on any atom is 0.325 e. The first kappa shape index (κ1) is 15.4. The lowest BCUT2D eigenvalue weighted by molar-refractivity contribution is -0.141. The molecule has 1 unspecified atom stereocenters. The highest BCUT2D eigenvalue weighted by atomic mass is 32.2. The lowest BCUT2D eigenvalue weighted by atomic mass is 10.1. The number of hydrogen-bond acceptors (Lipinski definition) is 3. The maximum absolute atomic E-state index is 11.6. The third-order valence-electron chi connectivity index (χ3n) is 3.07. The van der Waals surface area contributed by atoms with Crippen molar-refractivity contribution >= 4 is 34.4 Å². The van der Waals surface area contributed by atoms with E-state index >= 15 is 0 Å². The Balaban J connectivity index is 1.84. The van der Waals surface area contributed by atoms with E-state index in [9.17, 15) is 9.59 Å². The molecule has 21 heavy (non-hydrogen) atoms. The predicted molar refractivity (Wildman–Crippen MR) is 84.5 cm³/mol. The van der Waals surface area contributed by atoms with Gasteiger partial charge >= 0.3 is 5.97 Å². The van der Waals surface area contributed by atoms with E-state index < -0.39 is 12.0 Å². The van der Waals surface area contributed by atoms with Gasteiger partial charge in [0.15, 0.2) is 0 Å². The fourth-order valence-corrected chi connectivity index (χ4v) is 2.79. The van der Waals surface area contributed by atoms with Crippen LogP contribution in [-0.4, -0.2) is 28.8 Å². The second-order valence-electron chi connectivity index (χ2n) is 4.73. The molecule has 0 radical (unpaired) electrons. The summed E-state index contributed by atoms with van der Waals surface area (Å²) in [4.78, 5) is 23.3. The van der Waals surface area contributed by atoms with Crippen molar-refractivity contribution in [2.45, 2.75) is 24.3 Å². The number of benzene rings is 2. The van der Waals surface area contributed by atoms with E-state index in [-0.39, 0.29) is 5.91 Å². The first-order valence-electron chi connectivity index (χ1n) is 6.70. The molecule has 110 valence electrons. The minimum absolute atomic E-state index is 0.238. The molecule has 2 aromatic rings. The fourth-order valence-electron chi connectivity index (χ4n) is 1.89. The van der Waals surface area contributed by atoms with Crippen LogP contribution in [0.2, 0.25) is 0 Å². The van der Waals surface area contributed by atoms with Gasteiger partial charge in [-0.2, -0.15) is 0 Å². The Hall–Kier alpha value is -2.01. The smallest absolute Gasteiger partial charge is 0.325 e. The van der Waals surface area contributed by atoms with Gasteiger partial charge in [-0.25, -0.2) is 0 Å². The number of carboxylic acids is 1. The van der Waals surface area contributed by atoms with Gasteiger partial charge in [0, 0.05) is 17.1 Å². The number of carbonyl (C=O) groups excluding carboxylic acids is 1. The van der Waals surface area contributed by atoms with Crippen molar-refractivity contribution in [1.29, 1.82) is 0 Å². The Morgan fingerprint density at radius 3 is 2.62 bits per heavy atom. The van der Waals surface area contributed by atoms with Gasteiger partial charge in [0.2, 0.25) is 5.91 Å². The summed E-state index contributed by atoms with van der Waals surface area (Å²) >= 11 is 1.59. The molecule has 0 saturated carbocycles. The largest absolute Gasteiger partial charge is 0.480 e. The quantitative estimate of drug-likeness (QED) is 0.805. The van der Waals surface area contributed by atoms with Crippen LogP contribution >= 0.6 is 11.8 Å². The summed E-state index contributed by atoms with van der Waals surface area (Å²) in [5.41, 5.74) is 0. The van der Waals surface area contributed by atoms with E-state index in [1.807, 2.05) is 18.2 Å². The first-order chi connectivity index (χ1) is 10.1. The zero-order valence-electron chi connectivity index (χ0n) is 11.7. The molecule has 2 rings (SSSR count). The van der Waals surface area contributed by atoms with E-state index in [1.54, 1.807) is 11.8 Å². The Kier molecular flexibility index (Phi) is 5.22. The molecular formula is C16H17NO3S. The van der Waals surface area contributed by atoms with Crippen LogP contribution in [0.3, 0.4) is 0 Å². The molecule has 1 atom stereocenters. The maximum atomic E-state index is 11.6. The summed E-state index contributed by atoms with van der Waals surface area (Å²) in [6.45, 7) is 1.46. The number of hydrogen-bond donors (Lipinski definition) is 2. The van der Waals surface area contributed by atoms with Gasteiger partial charge in [0.1, 0.15) is 6.04 Å². The van der Waals surface area contributed by atoms with Crippen molar-refractivity contribution in [3.05, 3.63) is 42.5 Å². The van der Waals surface area contributed by atoms with Gasteiger partial charge in [-0.15, -0.1) is 11.8 Å². The molecule has 2 N–H and O–H groups in total. The Labute approximate surface area is 127 Å². The van der Waals surface area contributed by atoms with Crippen LogP contribution in [0.1, 0.15) is 13.3 Å². The first-order valence-corrected chi connectivity index (χ1v) is 7.68. The highest BCUT2D eigenvalue weighted by molar-refractivity contribution is 7.99. The minimum atomic E-state index is -1.02. The van der Waals surface area contributed by atoms with Crippen molar-refractivity contribution < 1.29 is 14.7 Å². The summed E-state index contributed by atoms with van der Waals surface area (Å²) < 4.78 is 0. The van der Waals surface area contributed by atoms with E-state index in [2.05, 4.69) is 29.6 Å². The van der Waals surface area contributed by atoms with Gasteiger partial charge in [-0.05, 0) is 29.8 Å². The van der Waals surface area contributed by atoms with Crippen LogP contribution in [0.25, 0.3) is 10.8 Å². The second-order valence-corrected chi connectivity index (χ2v) is 5.90. The van der Waals surface area contributed by atoms with Crippen LogP contribution < -0.4 is 5.32 Å². The van der Waals surface area contributed by atoms with Gasteiger partial charge in [-0.1, -0.05) is 30.3 Å². The molecule has 0 aliphatic rings. The molecule has 0 spiro atoms. The van der Waals surface area contributed by atoms with Crippen molar-refractivity contribution in [3.8, 4) is 0 Å². The Morgan fingerprint density at radius 2 is 1.90 bits per heavy atom. The van der Waals surface area contributed by atoms with Crippen LogP contribution in [-0.2, 0) is 9.59 Å². The van der Waals surface area contributed by atoms with Crippen LogP contribution in [0.4, 0.5) is 0 Å². The van der Waals surface area contributed by atoms with Gasteiger partial charge < -0.3 is 10.4 Å². The summed E-state index contributed by atoms with van der Waals surface area (Å²) in [6, 6.07) is 13.5. The summed E-state index contributed by atoms with van der Waals surface area (Å²) in [6.07, 6.45) is 0.301. The van der Waals surface area contributed by atoms with Crippen LogP contribution in [0, 0.1) is 0 Å². The Bertz CT molecular complexity index is 657. The lowest BCUT2D eigenvalue weighted by Crippen LogP contribution is -2.38. The van der Waals surface area contributed by atoms with Crippen LogP contribution in [0.15, 0.2) is 47.4 Å². The van der Waals surface area contributed by atoms with E-state index in [0.717, 1.165) is 4.90 Å². The number of amides is 1. The molecule has 0 fully saturated rings. The molecule has 0 aliphatic carbocycles. The van der Waals surface area contributed by atoms with E-state index in [0.29, 0.717) is 12.2 Å². The average Bonchev–Trinajstić information content (AvgIpc) is 2.47. The summed E-state index contributed by atoms with van der Waals surface area (Å²) in [5, 5.41) is 13.5. The zero-order chi connectivity index (χ0) is 15.2. The molecule has 4 nitrogen and oxygen atoms in total. The van der Waals surface area contributed by atoms with Crippen molar-refractivity contribution in [2.75, 3.05) is 5.75 Å². The number of thioether (sulfide) groups is 1. The van der Waals surface area contributed by atoms with Crippen molar-refractivity contribution in [2.24, 2.45) is 0 Å². The molecule has 5 heteroatoms. The Morgan fingerprint density at radius 1 is 1.19 bits per heavy atom. The fraction of sp³-hybridized carbons (Fsp3) is 0.250. The third kappa shape index (κ3) is 4.49. The monoisotopic (exact) mass is 303 g/mol. The summed E-state index contributed by atoms with van der Waals surface area (Å²) in [7, 11) is 0. The van der Waals surface area contributed by atoms with Crippen molar-refractivity contribution in [1.82, 2.24) is 5.32 Å². The topological polar surface area (TPSA) is 66.4 Å². The van der Waals surface area contributed by atoms with Crippen LogP contribution in [0.5, 0.6) is 0 Å². The molecule has 1 amide bonds. The SMILES string of the molecule is CC(NC(=O)CCSc1ccc2ccccc2c1)C(=O)O. The molecule has 0 aliphatic heterocycles. The molecule has 0 saturated heterocycles. The molecular weight excluding hydrogens is 286 g/mol. The highest BCUT2D eigenvalue weighted by Crippen LogP contribution is 2.23. The lowest BCUT2D eigenvalue weighted by Gasteiger charge is -2.09. The number of carboxylic acid groups (broad SMARTS) is 1. The summed E-state index contributed by atoms with van der Waals surface area (Å²) in [5.74, 6) is -0.639. The predicted octanol–water partition coefficient (Wildman–Crippen LogP) is 2.91. The zero-order valence-corrected chi connectivity index (χ0v) is 12.5. The van der Waals surface area contributed by atoms with Gasteiger partial charge in [-0.3, -0.25) is 9.59 Å². The number of rotatable bonds is 6. The number of nitrogens with one attached hydrogen (secondary N) is 1. The van der Waals surface area contributed by atoms with Crippen molar-refractivity contribution in [3.63, 3.8) is 0 Å². The minimum Gasteiger partial charge on any atom is -0.480 e. The van der Waals surface area contributed by atoms with E-state index in [4.69, 9.17) is 5.11 Å². The standard InChI is InChI=1S/C16H17NO3S/c1-11(16(19)20)17-15(18)8-9-21-14-7-6-12-4-2-3-5-13(12)10-14/h2-7,10-11H,8-9H2,1H3,(H,17,18)(H,19,20). The second kappa shape index (κ2) is 7.13. The third-order valence-corrected chi connectivity index (χ3v) is 4.06. The molecule has 2 aromatic carbocycles. The number of aliphatic carboxylic acids is 1.